The molecule has 3 fully saturated rings. The summed E-state index contributed by atoms with van der Waals surface area (Å²) in [4.78, 5) is 29.6. The summed E-state index contributed by atoms with van der Waals surface area (Å²) in [7, 11) is 0. The first-order valence-electron chi connectivity index (χ1n) is 12.9. The summed E-state index contributed by atoms with van der Waals surface area (Å²) < 4.78 is 5.20. The third-order valence-corrected chi connectivity index (χ3v) is 7.62. The van der Waals surface area contributed by atoms with Crippen LogP contribution >= 0.6 is 0 Å². The first-order valence-corrected chi connectivity index (χ1v) is 12.9. The largest absolute Gasteiger partial charge is 0.442 e. The monoisotopic (exact) mass is 451 g/mol. The molecular formula is C25H45N3O4. The number of rotatable bonds is 5. The Labute approximate surface area is 194 Å². The van der Waals surface area contributed by atoms with Gasteiger partial charge in [-0.05, 0) is 65.2 Å². The van der Waals surface area contributed by atoms with Gasteiger partial charge in [0.05, 0.1) is 0 Å². The maximum Gasteiger partial charge on any atom is 0.435 e. The summed E-state index contributed by atoms with van der Waals surface area (Å²) in [5, 5.41) is 10.7. The van der Waals surface area contributed by atoms with Crippen molar-refractivity contribution < 1.29 is 19.5 Å². The molecule has 7 heteroatoms. The molecule has 0 aromatic carbocycles. The maximum absolute atomic E-state index is 13.0. The van der Waals surface area contributed by atoms with Crippen molar-refractivity contribution in [2.24, 2.45) is 11.8 Å². The van der Waals surface area contributed by atoms with Crippen molar-refractivity contribution in [2.75, 3.05) is 26.2 Å². The molecule has 2 amide bonds. The number of hydrogen-bond acceptors (Lipinski definition) is 5. The molecular weight excluding hydrogens is 406 g/mol. The van der Waals surface area contributed by atoms with E-state index in [1.165, 1.54) is 64.2 Å². The van der Waals surface area contributed by atoms with Gasteiger partial charge in [-0.25, -0.2) is 4.79 Å². The van der Waals surface area contributed by atoms with Crippen LogP contribution in [0.15, 0.2) is 0 Å². The Hall–Kier alpha value is -1.34. The zero-order chi connectivity index (χ0) is 23.3. The summed E-state index contributed by atoms with van der Waals surface area (Å²) >= 11 is 0. The summed E-state index contributed by atoms with van der Waals surface area (Å²) in [6.07, 6.45) is 12.7. The van der Waals surface area contributed by atoms with Crippen LogP contribution < -0.4 is 0 Å². The molecule has 2 saturated carbocycles. The number of amides is 2. The molecule has 1 heterocycles. The van der Waals surface area contributed by atoms with E-state index in [0.29, 0.717) is 24.2 Å². The minimum absolute atomic E-state index is 0.218. The highest BCUT2D eigenvalue weighted by atomic mass is 16.6. The van der Waals surface area contributed by atoms with Gasteiger partial charge >= 0.3 is 6.09 Å². The van der Waals surface area contributed by atoms with E-state index >= 15 is 0 Å². The molecule has 1 aliphatic heterocycles. The third kappa shape index (κ3) is 6.60. The molecule has 184 valence electrons. The van der Waals surface area contributed by atoms with Crippen molar-refractivity contribution in [1.82, 2.24) is 14.9 Å². The van der Waals surface area contributed by atoms with Crippen molar-refractivity contribution in [1.29, 1.82) is 0 Å². The predicted molar refractivity (Wildman–Crippen MR) is 124 cm³/mol. The number of carbonyl (C=O) groups excluding carboxylic acids is 2. The van der Waals surface area contributed by atoms with Gasteiger partial charge in [0.2, 0.25) is 5.91 Å². The average molecular weight is 452 g/mol. The zero-order valence-corrected chi connectivity index (χ0v) is 20.7. The Balaban J connectivity index is 1.58. The first kappa shape index (κ1) is 25.3. The SMILES string of the molecule is C[C@@H](C(=O)N1CCN(C(C2CCCCC2)C2CCCCC2)CC1)N(O)C(=O)OC(C)(C)C. The fourth-order valence-electron chi connectivity index (χ4n) is 6.01. The van der Waals surface area contributed by atoms with Crippen LogP contribution in [-0.2, 0) is 9.53 Å². The molecule has 32 heavy (non-hydrogen) atoms. The van der Waals surface area contributed by atoms with Crippen molar-refractivity contribution >= 4 is 12.0 Å². The summed E-state index contributed by atoms with van der Waals surface area (Å²) in [6, 6.07) is -0.301. The Morgan fingerprint density at radius 1 is 0.875 bits per heavy atom. The van der Waals surface area contributed by atoms with E-state index in [0.717, 1.165) is 24.9 Å². The lowest BCUT2D eigenvalue weighted by atomic mass is 9.73. The second-order valence-corrected chi connectivity index (χ2v) is 11.1. The van der Waals surface area contributed by atoms with E-state index in [9.17, 15) is 14.8 Å². The van der Waals surface area contributed by atoms with Crippen LogP contribution in [0.25, 0.3) is 0 Å². The number of nitrogens with zero attached hydrogens (tertiary/aromatic N) is 3. The van der Waals surface area contributed by atoms with E-state index in [4.69, 9.17) is 4.74 Å². The highest BCUT2D eigenvalue weighted by Crippen LogP contribution is 2.38. The lowest BCUT2D eigenvalue weighted by Crippen LogP contribution is -2.58. The lowest BCUT2D eigenvalue weighted by molar-refractivity contribution is -0.158. The van der Waals surface area contributed by atoms with Crippen molar-refractivity contribution in [3.63, 3.8) is 0 Å². The van der Waals surface area contributed by atoms with Gasteiger partial charge in [-0.15, -0.1) is 0 Å². The van der Waals surface area contributed by atoms with Gasteiger partial charge in [-0.3, -0.25) is 14.9 Å². The van der Waals surface area contributed by atoms with Gasteiger partial charge in [-0.2, -0.15) is 5.06 Å². The van der Waals surface area contributed by atoms with E-state index < -0.39 is 17.7 Å². The van der Waals surface area contributed by atoms with Crippen LogP contribution in [0.5, 0.6) is 0 Å². The van der Waals surface area contributed by atoms with Gasteiger partial charge < -0.3 is 9.64 Å². The van der Waals surface area contributed by atoms with Gasteiger partial charge in [0.25, 0.3) is 0 Å². The molecule has 0 aromatic rings. The summed E-state index contributed by atoms with van der Waals surface area (Å²) in [5.74, 6) is 1.38. The second-order valence-electron chi connectivity index (χ2n) is 11.1. The molecule has 1 N–H and O–H groups in total. The van der Waals surface area contributed by atoms with Crippen LogP contribution in [-0.4, -0.2) is 75.9 Å². The quantitative estimate of drug-likeness (QED) is 0.485. The van der Waals surface area contributed by atoms with Gasteiger partial charge in [0.15, 0.2) is 0 Å². The molecule has 0 radical (unpaired) electrons. The molecule has 3 rings (SSSR count). The van der Waals surface area contributed by atoms with Gasteiger partial charge in [0, 0.05) is 32.2 Å². The number of hydroxylamine groups is 2. The minimum atomic E-state index is -0.955. The van der Waals surface area contributed by atoms with Gasteiger partial charge in [-0.1, -0.05) is 38.5 Å². The van der Waals surface area contributed by atoms with Crippen LogP contribution in [0.1, 0.15) is 91.9 Å². The minimum Gasteiger partial charge on any atom is -0.442 e. The summed E-state index contributed by atoms with van der Waals surface area (Å²) in [6.45, 7) is 9.84. The first-order chi connectivity index (χ1) is 15.2. The van der Waals surface area contributed by atoms with Crippen LogP contribution in [0.3, 0.4) is 0 Å². The number of carbonyl (C=O) groups is 2. The molecule has 1 saturated heterocycles. The van der Waals surface area contributed by atoms with Gasteiger partial charge in [0.1, 0.15) is 11.6 Å². The Morgan fingerprint density at radius 2 is 1.34 bits per heavy atom. The molecule has 0 unspecified atom stereocenters. The second kappa shape index (κ2) is 11.2. The molecule has 0 spiro atoms. The fourth-order valence-corrected chi connectivity index (χ4v) is 6.01. The molecule has 0 aromatic heterocycles. The molecule has 3 aliphatic rings. The standard InChI is InChI=1S/C25H45N3O4/c1-19(28(31)24(30)32-25(2,3)4)23(29)27-17-15-26(16-18-27)22(20-11-7-5-8-12-20)21-13-9-6-10-14-21/h19-22,31H,5-18H2,1-4H3/t19-/m0/s1. The Morgan fingerprint density at radius 3 is 1.78 bits per heavy atom. The maximum atomic E-state index is 13.0. The van der Waals surface area contributed by atoms with Crippen LogP contribution in [0.4, 0.5) is 4.79 Å². The number of hydrogen-bond donors (Lipinski definition) is 1. The van der Waals surface area contributed by atoms with E-state index in [-0.39, 0.29) is 5.91 Å². The third-order valence-electron chi connectivity index (χ3n) is 7.62. The Bertz CT molecular complexity index is 597. The van der Waals surface area contributed by atoms with Crippen LogP contribution in [0.2, 0.25) is 0 Å². The zero-order valence-electron chi connectivity index (χ0n) is 20.7. The fraction of sp³-hybridized carbons (Fsp3) is 0.920. The van der Waals surface area contributed by atoms with Crippen molar-refractivity contribution in [3.8, 4) is 0 Å². The normalized spacial score (nSPS) is 23.2. The topological polar surface area (TPSA) is 73.3 Å². The average Bonchev–Trinajstić information content (AvgIpc) is 2.78. The molecule has 0 bridgehead atoms. The number of ether oxygens (including phenoxy) is 1. The lowest BCUT2D eigenvalue weighted by Gasteiger charge is -2.48. The van der Waals surface area contributed by atoms with E-state index in [2.05, 4.69) is 4.90 Å². The van der Waals surface area contributed by atoms with E-state index in [1.807, 2.05) is 0 Å². The summed E-state index contributed by atoms with van der Waals surface area (Å²) in [5.41, 5.74) is -0.723. The highest BCUT2D eigenvalue weighted by Gasteiger charge is 2.38. The highest BCUT2D eigenvalue weighted by molar-refractivity contribution is 5.85. The van der Waals surface area contributed by atoms with Crippen LogP contribution in [0, 0.1) is 11.8 Å². The molecule has 1 atom stereocenters. The Kier molecular flexibility index (Phi) is 8.84. The number of piperazine rings is 1. The molecule has 7 nitrogen and oxygen atoms in total. The molecule has 2 aliphatic carbocycles. The predicted octanol–water partition coefficient (Wildman–Crippen LogP) is 4.67. The smallest absolute Gasteiger partial charge is 0.435 e. The van der Waals surface area contributed by atoms with E-state index in [1.54, 1.807) is 32.6 Å². The van der Waals surface area contributed by atoms with Crippen molar-refractivity contribution in [3.05, 3.63) is 0 Å². The van der Waals surface area contributed by atoms with Crippen molar-refractivity contribution in [2.45, 2.75) is 110 Å².